The summed E-state index contributed by atoms with van der Waals surface area (Å²) in [6, 6.07) is 12.8. The minimum atomic E-state index is 0.130. The van der Waals surface area contributed by atoms with Gasteiger partial charge in [-0.2, -0.15) is 0 Å². The molecule has 1 aliphatic rings. The zero-order chi connectivity index (χ0) is 24.2. The predicted octanol–water partition coefficient (Wildman–Crippen LogP) is 5.75. The fourth-order valence-corrected chi connectivity index (χ4v) is 5.28. The monoisotopic (exact) mass is 479 g/mol. The maximum Gasteiger partial charge on any atom is 0.255 e. The highest BCUT2D eigenvalue weighted by Gasteiger charge is 2.27. The summed E-state index contributed by atoms with van der Waals surface area (Å²) in [6.45, 7) is 14.9. The van der Waals surface area contributed by atoms with Crippen molar-refractivity contribution in [2.24, 2.45) is 5.92 Å². The van der Waals surface area contributed by atoms with Gasteiger partial charge in [0.1, 0.15) is 0 Å². The molecule has 3 heterocycles. The molecule has 1 aliphatic heterocycles. The van der Waals surface area contributed by atoms with Gasteiger partial charge in [0.2, 0.25) is 0 Å². The molecule has 1 aromatic carbocycles. The van der Waals surface area contributed by atoms with Crippen LogP contribution in [0.5, 0.6) is 0 Å². The van der Waals surface area contributed by atoms with E-state index in [4.69, 9.17) is 4.98 Å². The highest BCUT2D eigenvalue weighted by molar-refractivity contribution is 7.14. The van der Waals surface area contributed by atoms with Crippen LogP contribution in [-0.4, -0.2) is 52.6 Å². The number of para-hydroxylation sites is 1. The van der Waals surface area contributed by atoms with Crippen molar-refractivity contribution in [3.8, 4) is 11.4 Å². The van der Waals surface area contributed by atoms with Crippen molar-refractivity contribution in [1.29, 1.82) is 0 Å². The predicted molar refractivity (Wildman–Crippen MR) is 143 cm³/mol. The summed E-state index contributed by atoms with van der Waals surface area (Å²) in [6.07, 6.45) is 1.06. The Morgan fingerprint density at radius 2 is 1.79 bits per heavy atom. The third-order valence-electron chi connectivity index (χ3n) is 6.39. The molecular weight excluding hydrogens is 442 g/mol. The molecule has 0 aliphatic carbocycles. The number of anilines is 2. The molecule has 182 valence electrons. The van der Waals surface area contributed by atoms with Crippen molar-refractivity contribution in [2.75, 3.05) is 36.4 Å². The van der Waals surface area contributed by atoms with Crippen molar-refractivity contribution in [3.05, 3.63) is 53.0 Å². The minimum absolute atomic E-state index is 0.130. The van der Waals surface area contributed by atoms with E-state index in [1.165, 1.54) is 5.69 Å². The molecule has 0 spiro atoms. The van der Waals surface area contributed by atoms with E-state index in [9.17, 15) is 4.79 Å². The standard InChI is InChI=1S/C27H37N5OS/c1-19(2)11-12-32-21(5)23(17-25(32)24-18-34-27(29-24)28-20(3)4)26(33)31-15-13-30(14-16-31)22-9-7-6-8-10-22/h6-10,17-20H,11-16H2,1-5H3,(H,28,29). The maximum atomic E-state index is 13.6. The number of carbonyl (C=O) groups excluding carboxylic acids is 1. The second-order valence-electron chi connectivity index (χ2n) is 9.81. The van der Waals surface area contributed by atoms with Crippen molar-refractivity contribution in [1.82, 2.24) is 14.5 Å². The van der Waals surface area contributed by atoms with E-state index >= 15 is 0 Å². The number of hydrogen-bond donors (Lipinski definition) is 1. The summed E-state index contributed by atoms with van der Waals surface area (Å²) in [5.74, 6) is 0.721. The molecule has 4 rings (SSSR count). The summed E-state index contributed by atoms with van der Waals surface area (Å²) in [7, 11) is 0. The quantitative estimate of drug-likeness (QED) is 0.447. The van der Waals surface area contributed by atoms with Crippen LogP contribution in [0.4, 0.5) is 10.8 Å². The van der Waals surface area contributed by atoms with E-state index in [1.807, 2.05) is 11.0 Å². The van der Waals surface area contributed by atoms with Crippen LogP contribution < -0.4 is 10.2 Å². The molecule has 3 aromatic rings. The van der Waals surface area contributed by atoms with Crippen LogP contribution in [0.3, 0.4) is 0 Å². The highest BCUT2D eigenvalue weighted by atomic mass is 32.1. The number of aromatic nitrogens is 2. The van der Waals surface area contributed by atoms with Gasteiger partial charge in [-0.15, -0.1) is 11.3 Å². The number of carbonyl (C=O) groups is 1. The van der Waals surface area contributed by atoms with Crippen LogP contribution in [0, 0.1) is 12.8 Å². The van der Waals surface area contributed by atoms with Crippen LogP contribution in [-0.2, 0) is 6.54 Å². The molecule has 34 heavy (non-hydrogen) atoms. The summed E-state index contributed by atoms with van der Waals surface area (Å²) in [5, 5.41) is 6.41. The van der Waals surface area contributed by atoms with E-state index in [2.05, 4.69) is 85.1 Å². The second-order valence-corrected chi connectivity index (χ2v) is 10.7. The number of nitrogens with one attached hydrogen (secondary N) is 1. The zero-order valence-corrected chi connectivity index (χ0v) is 21.9. The van der Waals surface area contributed by atoms with Gasteiger partial charge in [-0.3, -0.25) is 4.79 Å². The molecule has 7 heteroatoms. The fraction of sp³-hybridized carbons (Fsp3) is 0.481. The van der Waals surface area contributed by atoms with Crippen molar-refractivity contribution in [2.45, 2.75) is 53.6 Å². The van der Waals surface area contributed by atoms with Gasteiger partial charge in [-0.05, 0) is 51.3 Å². The first kappa shape index (κ1) is 24.3. The van der Waals surface area contributed by atoms with E-state index in [1.54, 1.807) is 11.3 Å². The lowest BCUT2D eigenvalue weighted by Gasteiger charge is -2.36. The number of piperazine rings is 1. The summed E-state index contributed by atoms with van der Waals surface area (Å²) in [4.78, 5) is 22.8. The van der Waals surface area contributed by atoms with E-state index < -0.39 is 0 Å². The first-order chi connectivity index (χ1) is 16.3. The van der Waals surface area contributed by atoms with E-state index in [0.29, 0.717) is 12.0 Å². The Morgan fingerprint density at radius 3 is 2.44 bits per heavy atom. The van der Waals surface area contributed by atoms with Gasteiger partial charge in [0.05, 0.1) is 17.0 Å². The molecule has 1 fully saturated rings. The average Bonchev–Trinajstić information content (AvgIpc) is 3.41. The van der Waals surface area contributed by atoms with Gasteiger partial charge in [-0.25, -0.2) is 4.98 Å². The molecular formula is C27H37N5OS. The van der Waals surface area contributed by atoms with E-state index in [-0.39, 0.29) is 5.91 Å². The number of nitrogens with zero attached hydrogens (tertiary/aromatic N) is 4. The number of thiazole rings is 1. The lowest BCUT2D eigenvalue weighted by Crippen LogP contribution is -2.48. The smallest absolute Gasteiger partial charge is 0.255 e. The largest absolute Gasteiger partial charge is 0.368 e. The number of hydrogen-bond acceptors (Lipinski definition) is 5. The van der Waals surface area contributed by atoms with Gasteiger partial charge in [-0.1, -0.05) is 32.0 Å². The van der Waals surface area contributed by atoms with Crippen molar-refractivity contribution >= 4 is 28.1 Å². The van der Waals surface area contributed by atoms with Gasteiger partial charge in [0.15, 0.2) is 5.13 Å². The Bertz CT molecular complexity index is 1090. The lowest BCUT2D eigenvalue weighted by molar-refractivity contribution is 0.0746. The van der Waals surface area contributed by atoms with E-state index in [0.717, 1.165) is 66.9 Å². The second kappa shape index (κ2) is 10.6. The van der Waals surface area contributed by atoms with Crippen LogP contribution in [0.2, 0.25) is 0 Å². The van der Waals surface area contributed by atoms with Crippen LogP contribution in [0.25, 0.3) is 11.4 Å². The topological polar surface area (TPSA) is 53.4 Å². The third kappa shape index (κ3) is 5.46. The summed E-state index contributed by atoms with van der Waals surface area (Å²) >= 11 is 1.62. The summed E-state index contributed by atoms with van der Waals surface area (Å²) < 4.78 is 2.29. The molecule has 1 amide bonds. The first-order valence-corrected chi connectivity index (χ1v) is 13.2. The molecule has 0 atom stereocenters. The van der Waals surface area contributed by atoms with Crippen LogP contribution >= 0.6 is 11.3 Å². The Balaban J connectivity index is 1.56. The third-order valence-corrected chi connectivity index (χ3v) is 7.17. The number of amides is 1. The molecule has 0 saturated carbocycles. The average molecular weight is 480 g/mol. The van der Waals surface area contributed by atoms with Crippen LogP contribution in [0.15, 0.2) is 41.8 Å². The highest BCUT2D eigenvalue weighted by Crippen LogP contribution is 2.31. The lowest BCUT2D eigenvalue weighted by atomic mass is 10.1. The summed E-state index contributed by atoms with van der Waals surface area (Å²) in [5.41, 5.74) is 5.04. The maximum absolute atomic E-state index is 13.6. The normalized spacial score (nSPS) is 14.3. The van der Waals surface area contributed by atoms with Gasteiger partial charge < -0.3 is 19.7 Å². The van der Waals surface area contributed by atoms with Gasteiger partial charge >= 0.3 is 0 Å². The first-order valence-electron chi connectivity index (χ1n) is 12.3. The fourth-order valence-electron chi connectivity index (χ4n) is 4.43. The molecule has 0 unspecified atom stereocenters. The minimum Gasteiger partial charge on any atom is -0.368 e. The van der Waals surface area contributed by atoms with Crippen molar-refractivity contribution in [3.63, 3.8) is 0 Å². The zero-order valence-electron chi connectivity index (χ0n) is 21.0. The molecule has 2 aromatic heterocycles. The molecule has 6 nitrogen and oxygen atoms in total. The Morgan fingerprint density at radius 1 is 1.09 bits per heavy atom. The molecule has 1 saturated heterocycles. The number of rotatable bonds is 8. The van der Waals surface area contributed by atoms with Gasteiger partial charge in [0.25, 0.3) is 5.91 Å². The Kier molecular flexibility index (Phi) is 7.61. The molecule has 1 N–H and O–H groups in total. The molecule has 0 radical (unpaired) electrons. The Hall–Kier alpha value is -2.80. The number of benzene rings is 1. The van der Waals surface area contributed by atoms with Gasteiger partial charge in [0, 0.05) is 55.5 Å². The van der Waals surface area contributed by atoms with Crippen molar-refractivity contribution < 1.29 is 4.79 Å². The SMILES string of the molecule is Cc1c(C(=O)N2CCN(c3ccccc3)CC2)cc(-c2csc(NC(C)C)n2)n1CCC(C)C. The molecule has 0 bridgehead atoms. The van der Waals surface area contributed by atoms with Crippen LogP contribution in [0.1, 0.15) is 50.2 Å². The Labute approximate surface area is 207 Å².